The van der Waals surface area contributed by atoms with Crippen LogP contribution in [0.3, 0.4) is 0 Å². The molecule has 1 unspecified atom stereocenters. The molecule has 0 aliphatic rings. The number of para-hydroxylation sites is 1. The largest absolute Gasteiger partial charge is 0.485 e. The molecule has 1 aromatic heterocycles. The zero-order chi connectivity index (χ0) is 13.0. The maximum atomic E-state index is 5.73. The van der Waals surface area contributed by atoms with Gasteiger partial charge in [-0.2, -0.15) is 4.98 Å². The van der Waals surface area contributed by atoms with E-state index in [1.54, 1.807) is 6.92 Å². The summed E-state index contributed by atoms with van der Waals surface area (Å²) in [5, 5.41) is 6.99. The summed E-state index contributed by atoms with van der Waals surface area (Å²) in [6.07, 6.45) is 0. The highest BCUT2D eigenvalue weighted by atomic mass is 16.5. The van der Waals surface area contributed by atoms with Gasteiger partial charge in [-0.15, -0.1) is 0 Å². The molecule has 1 aromatic carbocycles. The lowest BCUT2D eigenvalue weighted by Gasteiger charge is -2.15. The second kappa shape index (κ2) is 5.64. The summed E-state index contributed by atoms with van der Waals surface area (Å²) in [6.45, 7) is 4.15. The van der Waals surface area contributed by atoms with Gasteiger partial charge in [-0.25, -0.2) is 0 Å². The van der Waals surface area contributed by atoms with Crippen molar-refractivity contribution in [3.8, 4) is 5.75 Å². The number of nitrogens with zero attached hydrogens (tertiary/aromatic N) is 2. The van der Waals surface area contributed by atoms with E-state index < -0.39 is 0 Å². The number of rotatable bonds is 5. The first-order valence-electron chi connectivity index (χ1n) is 5.89. The lowest BCUT2D eigenvalue weighted by Crippen LogP contribution is -2.13. The Morgan fingerprint density at radius 2 is 2.17 bits per heavy atom. The van der Waals surface area contributed by atoms with Gasteiger partial charge in [0.25, 0.3) is 0 Å². The Kier molecular flexibility index (Phi) is 3.94. The Bertz CT molecular complexity index is 510. The molecule has 0 amide bonds. The van der Waals surface area contributed by atoms with Gasteiger partial charge in [0, 0.05) is 18.5 Å². The molecule has 0 saturated heterocycles. The average Bonchev–Trinajstić information content (AvgIpc) is 2.81. The summed E-state index contributed by atoms with van der Waals surface area (Å²) in [4.78, 5) is 4.10. The Morgan fingerprint density at radius 3 is 2.83 bits per heavy atom. The third-order valence-corrected chi connectivity index (χ3v) is 2.74. The minimum Gasteiger partial charge on any atom is -0.485 e. The van der Waals surface area contributed by atoms with Crippen molar-refractivity contribution in [2.45, 2.75) is 26.5 Å². The van der Waals surface area contributed by atoms with E-state index in [-0.39, 0.29) is 6.04 Å². The highest BCUT2D eigenvalue weighted by Crippen LogP contribution is 2.24. The number of hydrogen-bond donors (Lipinski definition) is 1. The van der Waals surface area contributed by atoms with Crippen molar-refractivity contribution in [3.05, 3.63) is 41.5 Å². The molecule has 0 spiro atoms. The third-order valence-electron chi connectivity index (χ3n) is 2.74. The Balaban J connectivity index is 2.09. The molecular formula is C13H17N3O2. The van der Waals surface area contributed by atoms with E-state index in [1.807, 2.05) is 31.3 Å². The second-order valence-corrected chi connectivity index (χ2v) is 4.07. The number of aryl methyl sites for hydroxylation is 1. The van der Waals surface area contributed by atoms with Crippen LogP contribution >= 0.6 is 0 Å². The van der Waals surface area contributed by atoms with Gasteiger partial charge in [0.05, 0.1) is 0 Å². The molecule has 18 heavy (non-hydrogen) atoms. The number of aromatic nitrogens is 2. The zero-order valence-electron chi connectivity index (χ0n) is 10.8. The first-order chi connectivity index (χ1) is 8.70. The van der Waals surface area contributed by atoms with E-state index in [0.717, 1.165) is 11.3 Å². The van der Waals surface area contributed by atoms with Gasteiger partial charge in [-0.05, 0) is 20.0 Å². The second-order valence-electron chi connectivity index (χ2n) is 4.07. The first kappa shape index (κ1) is 12.6. The van der Waals surface area contributed by atoms with E-state index in [2.05, 4.69) is 22.4 Å². The zero-order valence-corrected chi connectivity index (χ0v) is 10.8. The molecule has 5 nitrogen and oxygen atoms in total. The van der Waals surface area contributed by atoms with Gasteiger partial charge in [0.15, 0.2) is 6.61 Å². The van der Waals surface area contributed by atoms with Crippen LogP contribution in [0.15, 0.2) is 28.8 Å². The van der Waals surface area contributed by atoms with Crippen LogP contribution < -0.4 is 10.1 Å². The van der Waals surface area contributed by atoms with Crippen LogP contribution in [0.5, 0.6) is 5.75 Å². The molecule has 0 radical (unpaired) electrons. The van der Waals surface area contributed by atoms with Gasteiger partial charge in [0.1, 0.15) is 5.75 Å². The standard InChI is InChI=1S/C13H17N3O2/c1-9(14-3)11-6-4-5-7-12(11)17-8-13-15-10(2)18-16-13/h4-7,9,14H,8H2,1-3H3. The molecule has 0 aliphatic carbocycles. The molecule has 5 heteroatoms. The molecule has 0 aliphatic heterocycles. The fraction of sp³-hybridized carbons (Fsp3) is 0.385. The van der Waals surface area contributed by atoms with E-state index in [9.17, 15) is 0 Å². The number of ether oxygens (including phenoxy) is 1. The lowest BCUT2D eigenvalue weighted by atomic mass is 10.1. The molecule has 0 bridgehead atoms. The summed E-state index contributed by atoms with van der Waals surface area (Å²) in [5.41, 5.74) is 1.11. The molecule has 2 aromatic rings. The van der Waals surface area contributed by atoms with Crippen LogP contribution in [0.2, 0.25) is 0 Å². The predicted molar refractivity (Wildman–Crippen MR) is 67.3 cm³/mol. The summed E-state index contributed by atoms with van der Waals surface area (Å²) in [6, 6.07) is 8.15. The van der Waals surface area contributed by atoms with Crippen molar-refractivity contribution in [1.29, 1.82) is 0 Å². The lowest BCUT2D eigenvalue weighted by molar-refractivity contribution is 0.281. The fourth-order valence-electron chi connectivity index (χ4n) is 1.67. The van der Waals surface area contributed by atoms with Crippen molar-refractivity contribution >= 4 is 0 Å². The van der Waals surface area contributed by atoms with Crippen LogP contribution in [0.4, 0.5) is 0 Å². The molecule has 1 heterocycles. The molecule has 2 rings (SSSR count). The fourth-order valence-corrected chi connectivity index (χ4v) is 1.67. The molecule has 1 N–H and O–H groups in total. The molecule has 1 atom stereocenters. The first-order valence-corrected chi connectivity index (χ1v) is 5.89. The minimum atomic E-state index is 0.230. The maximum absolute atomic E-state index is 5.73. The normalized spacial score (nSPS) is 12.4. The molecule has 0 fully saturated rings. The molecular weight excluding hydrogens is 230 g/mol. The third kappa shape index (κ3) is 2.87. The van der Waals surface area contributed by atoms with Gasteiger partial charge < -0.3 is 14.6 Å². The van der Waals surface area contributed by atoms with E-state index in [0.29, 0.717) is 18.3 Å². The van der Waals surface area contributed by atoms with Crippen LogP contribution in [-0.2, 0) is 6.61 Å². The highest BCUT2D eigenvalue weighted by Gasteiger charge is 2.10. The summed E-state index contributed by atoms with van der Waals surface area (Å²) in [7, 11) is 1.92. The van der Waals surface area contributed by atoms with Crippen molar-refractivity contribution in [2.75, 3.05) is 7.05 Å². The smallest absolute Gasteiger partial charge is 0.223 e. The van der Waals surface area contributed by atoms with Gasteiger partial charge in [0.2, 0.25) is 11.7 Å². The van der Waals surface area contributed by atoms with Crippen molar-refractivity contribution < 1.29 is 9.26 Å². The minimum absolute atomic E-state index is 0.230. The quantitative estimate of drug-likeness (QED) is 0.878. The van der Waals surface area contributed by atoms with E-state index in [4.69, 9.17) is 9.26 Å². The monoisotopic (exact) mass is 247 g/mol. The van der Waals surface area contributed by atoms with Gasteiger partial charge in [-0.3, -0.25) is 0 Å². The van der Waals surface area contributed by atoms with E-state index in [1.165, 1.54) is 0 Å². The number of benzene rings is 1. The average molecular weight is 247 g/mol. The van der Waals surface area contributed by atoms with Gasteiger partial charge >= 0.3 is 0 Å². The highest BCUT2D eigenvalue weighted by molar-refractivity contribution is 5.35. The molecule has 0 saturated carbocycles. The van der Waals surface area contributed by atoms with Crippen LogP contribution in [-0.4, -0.2) is 17.2 Å². The summed E-state index contributed by atoms with van der Waals surface area (Å²) >= 11 is 0. The van der Waals surface area contributed by atoms with Crippen molar-refractivity contribution in [1.82, 2.24) is 15.5 Å². The van der Waals surface area contributed by atoms with Crippen LogP contribution in [0.1, 0.15) is 30.2 Å². The van der Waals surface area contributed by atoms with Gasteiger partial charge in [-0.1, -0.05) is 23.4 Å². The van der Waals surface area contributed by atoms with E-state index >= 15 is 0 Å². The maximum Gasteiger partial charge on any atom is 0.223 e. The molecule has 96 valence electrons. The predicted octanol–water partition coefficient (Wildman–Crippen LogP) is 2.24. The Hall–Kier alpha value is -1.88. The summed E-state index contributed by atoms with van der Waals surface area (Å²) < 4.78 is 10.6. The van der Waals surface area contributed by atoms with Crippen molar-refractivity contribution in [3.63, 3.8) is 0 Å². The topological polar surface area (TPSA) is 60.2 Å². The summed E-state index contributed by atoms with van der Waals surface area (Å²) in [5.74, 6) is 1.94. The number of nitrogens with one attached hydrogen (secondary N) is 1. The SMILES string of the molecule is CNC(C)c1ccccc1OCc1noc(C)n1. The number of hydrogen-bond acceptors (Lipinski definition) is 5. The Labute approximate surface area is 106 Å². The van der Waals surface area contributed by atoms with Crippen molar-refractivity contribution in [2.24, 2.45) is 0 Å². The Morgan fingerprint density at radius 1 is 1.39 bits per heavy atom. The van der Waals surface area contributed by atoms with Crippen LogP contribution in [0, 0.1) is 6.92 Å². The van der Waals surface area contributed by atoms with Crippen LogP contribution in [0.25, 0.3) is 0 Å².